The Bertz CT molecular complexity index is 769. The van der Waals surface area contributed by atoms with Gasteiger partial charge >= 0.3 is 0 Å². The second kappa shape index (κ2) is 12.3. The first kappa shape index (κ1) is 24.7. The Labute approximate surface area is 200 Å². The number of piperazine rings is 1. The molecule has 1 saturated heterocycles. The molecule has 2 aromatic heterocycles. The molecule has 0 aliphatic carbocycles. The van der Waals surface area contributed by atoms with Gasteiger partial charge in [-0.25, -0.2) is 0 Å². The van der Waals surface area contributed by atoms with Crippen molar-refractivity contribution >= 4 is 47.2 Å². The number of likely N-dealkylation sites (N-methyl/N-ethyl adjacent to an activating group) is 1. The van der Waals surface area contributed by atoms with Crippen LogP contribution in [0.2, 0.25) is 0 Å². The van der Waals surface area contributed by atoms with Crippen molar-refractivity contribution in [2.45, 2.75) is 19.9 Å². The van der Waals surface area contributed by atoms with Crippen LogP contribution in [-0.2, 0) is 0 Å². The zero-order valence-corrected chi connectivity index (χ0v) is 21.1. The number of hydrogen-bond acceptors (Lipinski definition) is 5. The largest absolute Gasteiger partial charge is 0.459 e. The van der Waals surface area contributed by atoms with E-state index < -0.39 is 0 Å². The number of rotatable bonds is 7. The van der Waals surface area contributed by atoms with Crippen LogP contribution in [0.3, 0.4) is 0 Å². The van der Waals surface area contributed by atoms with Gasteiger partial charge in [-0.15, -0.1) is 24.0 Å². The number of nitrogens with one attached hydrogen (secondary N) is 1. The maximum Gasteiger partial charge on any atom is 0.289 e. The molecule has 30 heavy (non-hydrogen) atoms. The van der Waals surface area contributed by atoms with Crippen molar-refractivity contribution in [2.75, 3.05) is 52.9 Å². The number of carbonyl (C=O) groups is 1. The van der Waals surface area contributed by atoms with E-state index in [1.54, 1.807) is 23.5 Å². The summed E-state index contributed by atoms with van der Waals surface area (Å²) in [6, 6.07) is 5.98. The summed E-state index contributed by atoms with van der Waals surface area (Å²) in [4.78, 5) is 23.5. The van der Waals surface area contributed by atoms with Gasteiger partial charge in [-0.2, -0.15) is 11.3 Å². The minimum absolute atomic E-state index is 0. The van der Waals surface area contributed by atoms with E-state index in [0.717, 1.165) is 38.7 Å². The number of thiophene rings is 1. The van der Waals surface area contributed by atoms with Crippen molar-refractivity contribution < 1.29 is 9.21 Å². The van der Waals surface area contributed by atoms with Crippen LogP contribution in [0.25, 0.3) is 0 Å². The van der Waals surface area contributed by atoms with E-state index in [1.165, 1.54) is 11.8 Å². The number of amides is 1. The molecule has 1 fully saturated rings. The van der Waals surface area contributed by atoms with E-state index in [2.05, 4.69) is 50.8 Å². The molecule has 0 aromatic carbocycles. The highest BCUT2D eigenvalue weighted by Crippen LogP contribution is 2.22. The molecule has 1 atom stereocenters. The SMILES string of the molecule is CCN(CC)C(CNC(=NC)N1CCN(C(=O)c2ccco2)CC1)c1ccsc1.I. The lowest BCUT2D eigenvalue weighted by atomic mass is 10.1. The van der Waals surface area contributed by atoms with Gasteiger partial charge in [0.05, 0.1) is 12.3 Å². The fraction of sp³-hybridized carbons (Fsp3) is 0.524. The van der Waals surface area contributed by atoms with Gasteiger partial charge < -0.3 is 19.5 Å². The van der Waals surface area contributed by atoms with Gasteiger partial charge in [-0.3, -0.25) is 14.7 Å². The maximum atomic E-state index is 12.5. The maximum absolute atomic E-state index is 12.5. The highest BCUT2D eigenvalue weighted by molar-refractivity contribution is 14.0. The molecule has 9 heteroatoms. The fourth-order valence-corrected chi connectivity index (χ4v) is 4.49. The van der Waals surface area contributed by atoms with E-state index in [-0.39, 0.29) is 29.9 Å². The average molecular weight is 545 g/mol. The molecule has 1 aliphatic rings. The molecule has 0 spiro atoms. The standard InChI is InChI=1S/C21H31N5O2S.HI/c1-4-24(5-2)18(17-8-14-29-16-17)15-23-21(22-3)26-11-9-25(10-12-26)20(27)19-7-6-13-28-19;/h6-8,13-14,16,18H,4-5,9-12,15H2,1-3H3,(H,22,23);1H. The first-order chi connectivity index (χ1) is 14.2. The topological polar surface area (TPSA) is 64.3 Å². The fourth-order valence-electron chi connectivity index (χ4n) is 3.78. The van der Waals surface area contributed by atoms with Crippen molar-refractivity contribution in [3.63, 3.8) is 0 Å². The Kier molecular flexibility index (Phi) is 10.1. The molecule has 166 valence electrons. The van der Waals surface area contributed by atoms with Gasteiger partial charge in [0, 0.05) is 39.8 Å². The van der Waals surface area contributed by atoms with Crippen LogP contribution >= 0.6 is 35.3 Å². The Balaban J connectivity index is 0.00000320. The molecular formula is C21H32IN5O2S. The third-order valence-corrected chi connectivity index (χ3v) is 6.15. The first-order valence-corrected chi connectivity index (χ1v) is 11.2. The summed E-state index contributed by atoms with van der Waals surface area (Å²) in [6.45, 7) is 10.0. The number of halogens is 1. The van der Waals surface area contributed by atoms with Crippen molar-refractivity contribution in [3.05, 3.63) is 46.5 Å². The van der Waals surface area contributed by atoms with Crippen molar-refractivity contribution in [2.24, 2.45) is 4.99 Å². The smallest absolute Gasteiger partial charge is 0.289 e. The Hall–Kier alpha value is -1.59. The number of guanidine groups is 1. The second-order valence-corrected chi connectivity index (χ2v) is 7.76. The molecule has 1 unspecified atom stereocenters. The number of aliphatic imine (C=N–C) groups is 1. The molecule has 1 N–H and O–H groups in total. The molecule has 7 nitrogen and oxygen atoms in total. The van der Waals surface area contributed by atoms with Gasteiger partial charge in [0.25, 0.3) is 5.91 Å². The lowest BCUT2D eigenvalue weighted by molar-refractivity contribution is 0.0657. The molecule has 1 amide bonds. The van der Waals surface area contributed by atoms with Gasteiger partial charge in [0.15, 0.2) is 11.7 Å². The molecule has 0 saturated carbocycles. The zero-order chi connectivity index (χ0) is 20.6. The van der Waals surface area contributed by atoms with Crippen LogP contribution in [0, 0.1) is 0 Å². The van der Waals surface area contributed by atoms with Crippen molar-refractivity contribution in [3.8, 4) is 0 Å². The molecule has 0 bridgehead atoms. The van der Waals surface area contributed by atoms with E-state index in [4.69, 9.17) is 4.42 Å². The Morgan fingerprint density at radius 1 is 1.23 bits per heavy atom. The van der Waals surface area contributed by atoms with Crippen LogP contribution < -0.4 is 5.32 Å². The van der Waals surface area contributed by atoms with Gasteiger partial charge in [-0.05, 0) is 47.6 Å². The predicted octanol–water partition coefficient (Wildman–Crippen LogP) is 3.38. The number of furan rings is 1. The number of hydrogen-bond donors (Lipinski definition) is 1. The van der Waals surface area contributed by atoms with Gasteiger partial charge in [0.2, 0.25) is 0 Å². The van der Waals surface area contributed by atoms with Gasteiger partial charge in [0.1, 0.15) is 0 Å². The lowest BCUT2D eigenvalue weighted by Gasteiger charge is -2.37. The van der Waals surface area contributed by atoms with E-state index in [9.17, 15) is 4.79 Å². The van der Waals surface area contributed by atoms with E-state index >= 15 is 0 Å². The molecule has 3 heterocycles. The number of carbonyl (C=O) groups excluding carboxylic acids is 1. The third kappa shape index (κ3) is 5.98. The van der Waals surface area contributed by atoms with Crippen LogP contribution in [-0.4, -0.2) is 79.4 Å². The Morgan fingerprint density at radius 3 is 2.47 bits per heavy atom. The van der Waals surface area contributed by atoms with Gasteiger partial charge in [-0.1, -0.05) is 13.8 Å². The quantitative estimate of drug-likeness (QED) is 0.329. The van der Waals surface area contributed by atoms with Crippen LogP contribution in [0.5, 0.6) is 0 Å². The summed E-state index contributed by atoms with van der Waals surface area (Å²) < 4.78 is 5.24. The summed E-state index contributed by atoms with van der Waals surface area (Å²) in [7, 11) is 1.82. The highest BCUT2D eigenvalue weighted by atomic mass is 127. The summed E-state index contributed by atoms with van der Waals surface area (Å²) in [5.41, 5.74) is 1.34. The lowest BCUT2D eigenvalue weighted by Crippen LogP contribution is -2.54. The second-order valence-electron chi connectivity index (χ2n) is 6.98. The zero-order valence-electron chi connectivity index (χ0n) is 17.9. The van der Waals surface area contributed by atoms with Crippen LogP contribution in [0.4, 0.5) is 0 Å². The Morgan fingerprint density at radius 2 is 1.93 bits per heavy atom. The first-order valence-electron chi connectivity index (χ1n) is 10.2. The molecule has 0 radical (unpaired) electrons. The van der Waals surface area contributed by atoms with Crippen molar-refractivity contribution in [1.29, 1.82) is 0 Å². The summed E-state index contributed by atoms with van der Waals surface area (Å²) >= 11 is 1.74. The van der Waals surface area contributed by atoms with E-state index in [1.807, 2.05) is 11.9 Å². The summed E-state index contributed by atoms with van der Waals surface area (Å²) in [5, 5.41) is 7.93. The van der Waals surface area contributed by atoms with Crippen LogP contribution in [0.15, 0.2) is 44.6 Å². The molecular weight excluding hydrogens is 513 g/mol. The minimum Gasteiger partial charge on any atom is -0.459 e. The molecule has 2 aromatic rings. The minimum atomic E-state index is -0.0448. The normalized spacial score (nSPS) is 15.8. The summed E-state index contributed by atoms with van der Waals surface area (Å²) in [6.07, 6.45) is 1.54. The number of nitrogens with zero attached hydrogens (tertiary/aromatic N) is 4. The predicted molar refractivity (Wildman–Crippen MR) is 133 cm³/mol. The van der Waals surface area contributed by atoms with E-state index in [0.29, 0.717) is 24.9 Å². The third-order valence-electron chi connectivity index (χ3n) is 5.44. The monoisotopic (exact) mass is 545 g/mol. The highest BCUT2D eigenvalue weighted by Gasteiger charge is 2.26. The average Bonchev–Trinajstić information content (AvgIpc) is 3.48. The van der Waals surface area contributed by atoms with Crippen LogP contribution in [0.1, 0.15) is 36.0 Å². The molecule has 1 aliphatic heterocycles. The summed E-state index contributed by atoms with van der Waals surface area (Å²) in [5.74, 6) is 1.25. The van der Waals surface area contributed by atoms with Crippen molar-refractivity contribution in [1.82, 2.24) is 20.0 Å². The molecule has 3 rings (SSSR count).